The number of carbonyl (C=O) groups is 1. The molecule has 0 saturated carbocycles. The number of hydrogen-bond donors (Lipinski definition) is 0. The summed E-state index contributed by atoms with van der Waals surface area (Å²) in [5.41, 5.74) is 2.91. The first-order valence-electron chi connectivity index (χ1n) is 8.54. The molecule has 140 valence electrons. The summed E-state index contributed by atoms with van der Waals surface area (Å²) in [5, 5.41) is 9.90. The molecule has 0 aliphatic heterocycles. The Balaban J connectivity index is 2.00. The van der Waals surface area contributed by atoms with E-state index in [1.54, 1.807) is 0 Å². The Morgan fingerprint density at radius 3 is 2.67 bits per heavy atom. The third-order valence-electron chi connectivity index (χ3n) is 3.66. The first-order chi connectivity index (χ1) is 12.9. The maximum Gasteiger partial charge on any atom is 0.316 e. The molecule has 2 aromatic carbocycles. The number of aryl methyl sites for hydroxylation is 1. The highest BCUT2D eigenvalue weighted by molar-refractivity contribution is 7.99. The smallest absolute Gasteiger partial charge is 0.316 e. The molecule has 0 unspecified atom stereocenters. The molecule has 0 N–H and O–H groups in total. The Morgan fingerprint density at radius 1 is 1.19 bits per heavy atom. The monoisotopic (exact) mass is 401 g/mol. The zero-order valence-electron chi connectivity index (χ0n) is 15.3. The van der Waals surface area contributed by atoms with Crippen molar-refractivity contribution < 1.29 is 9.53 Å². The van der Waals surface area contributed by atoms with Gasteiger partial charge in [-0.2, -0.15) is 0 Å². The third-order valence-corrected chi connectivity index (χ3v) is 4.80. The van der Waals surface area contributed by atoms with E-state index in [1.165, 1.54) is 11.8 Å². The van der Waals surface area contributed by atoms with Gasteiger partial charge in [0.15, 0.2) is 11.0 Å². The Bertz CT molecular complexity index is 956. The van der Waals surface area contributed by atoms with Crippen LogP contribution >= 0.6 is 23.4 Å². The molecule has 0 spiro atoms. The lowest BCUT2D eigenvalue weighted by atomic mass is 10.1. The van der Waals surface area contributed by atoms with Gasteiger partial charge < -0.3 is 4.74 Å². The fraction of sp³-hybridized carbons (Fsp3) is 0.250. The molecule has 0 amide bonds. The first kappa shape index (κ1) is 19.5. The van der Waals surface area contributed by atoms with E-state index < -0.39 is 0 Å². The number of halogens is 1. The van der Waals surface area contributed by atoms with E-state index in [2.05, 4.69) is 10.2 Å². The number of nitrogens with zero attached hydrogens (tertiary/aromatic N) is 3. The Morgan fingerprint density at radius 2 is 1.96 bits per heavy atom. The summed E-state index contributed by atoms with van der Waals surface area (Å²) >= 11 is 7.48. The quantitative estimate of drug-likeness (QED) is 0.432. The number of esters is 1. The Kier molecular flexibility index (Phi) is 6.19. The van der Waals surface area contributed by atoms with Crippen LogP contribution in [0.2, 0.25) is 5.02 Å². The van der Waals surface area contributed by atoms with Gasteiger partial charge in [0.2, 0.25) is 0 Å². The minimum Gasteiger partial charge on any atom is -0.462 e. The van der Waals surface area contributed by atoms with Gasteiger partial charge >= 0.3 is 5.97 Å². The van der Waals surface area contributed by atoms with Gasteiger partial charge in [0.05, 0.1) is 17.5 Å². The average Bonchev–Trinajstić information content (AvgIpc) is 3.03. The van der Waals surface area contributed by atoms with E-state index in [4.69, 9.17) is 16.3 Å². The van der Waals surface area contributed by atoms with Crippen LogP contribution in [0, 0.1) is 6.92 Å². The largest absolute Gasteiger partial charge is 0.462 e. The highest BCUT2D eigenvalue weighted by Crippen LogP contribution is 2.29. The van der Waals surface area contributed by atoms with Gasteiger partial charge in [0.25, 0.3) is 0 Å². The van der Waals surface area contributed by atoms with Crippen molar-refractivity contribution in [3.05, 3.63) is 59.1 Å². The van der Waals surface area contributed by atoms with E-state index in [-0.39, 0.29) is 17.8 Å². The molecule has 0 bridgehead atoms. The number of carbonyl (C=O) groups excluding carboxylic acids is 1. The van der Waals surface area contributed by atoms with Gasteiger partial charge in [-0.25, -0.2) is 0 Å². The van der Waals surface area contributed by atoms with Gasteiger partial charge in [-0.3, -0.25) is 9.36 Å². The maximum absolute atomic E-state index is 11.9. The summed E-state index contributed by atoms with van der Waals surface area (Å²) in [6, 6.07) is 15.5. The zero-order valence-corrected chi connectivity index (χ0v) is 16.9. The van der Waals surface area contributed by atoms with E-state index in [1.807, 2.05) is 73.9 Å². The number of rotatable bonds is 6. The molecule has 1 aromatic heterocycles. The average molecular weight is 402 g/mol. The Hall–Kier alpha value is -2.31. The Labute approximate surface area is 167 Å². The van der Waals surface area contributed by atoms with Crippen molar-refractivity contribution in [3.8, 4) is 17.1 Å². The number of ether oxygens (including phenoxy) is 1. The van der Waals surface area contributed by atoms with E-state index in [0.717, 1.165) is 16.8 Å². The van der Waals surface area contributed by atoms with Crippen molar-refractivity contribution >= 4 is 29.3 Å². The SMILES string of the molecule is Cc1cccc(-c2nnc(SCC(=O)OC(C)C)n2-c2cccc(Cl)c2)c1. The summed E-state index contributed by atoms with van der Waals surface area (Å²) < 4.78 is 7.12. The van der Waals surface area contributed by atoms with E-state index in [0.29, 0.717) is 16.0 Å². The van der Waals surface area contributed by atoms with Crippen LogP contribution in [-0.2, 0) is 9.53 Å². The van der Waals surface area contributed by atoms with Crippen LogP contribution in [0.5, 0.6) is 0 Å². The molecule has 0 radical (unpaired) electrons. The lowest BCUT2D eigenvalue weighted by Crippen LogP contribution is -2.13. The summed E-state index contributed by atoms with van der Waals surface area (Å²) in [7, 11) is 0. The molecule has 0 aliphatic carbocycles. The normalized spacial score (nSPS) is 11.0. The molecular weight excluding hydrogens is 382 g/mol. The van der Waals surface area contributed by atoms with E-state index in [9.17, 15) is 4.79 Å². The summed E-state index contributed by atoms with van der Waals surface area (Å²) in [4.78, 5) is 11.9. The molecule has 7 heteroatoms. The minimum atomic E-state index is -0.284. The minimum absolute atomic E-state index is 0.147. The van der Waals surface area contributed by atoms with Crippen LogP contribution in [0.1, 0.15) is 19.4 Å². The second-order valence-electron chi connectivity index (χ2n) is 6.32. The summed E-state index contributed by atoms with van der Waals surface area (Å²) in [6.45, 7) is 5.68. The van der Waals surface area contributed by atoms with Crippen molar-refractivity contribution in [3.63, 3.8) is 0 Å². The van der Waals surface area contributed by atoms with E-state index >= 15 is 0 Å². The molecule has 1 heterocycles. The lowest BCUT2D eigenvalue weighted by molar-refractivity contribution is -0.144. The predicted octanol–water partition coefficient (Wildman–Crippen LogP) is 4.94. The first-order valence-corrected chi connectivity index (χ1v) is 9.91. The number of hydrogen-bond acceptors (Lipinski definition) is 5. The van der Waals surface area contributed by atoms with Crippen molar-refractivity contribution in [1.29, 1.82) is 0 Å². The molecular formula is C20H20ClN3O2S. The molecule has 5 nitrogen and oxygen atoms in total. The zero-order chi connectivity index (χ0) is 19.4. The molecule has 0 aliphatic rings. The molecule has 0 saturated heterocycles. The lowest BCUT2D eigenvalue weighted by Gasteiger charge is -2.11. The van der Waals surface area contributed by atoms with Crippen molar-refractivity contribution in [1.82, 2.24) is 14.8 Å². The number of aromatic nitrogens is 3. The van der Waals surface area contributed by atoms with Crippen molar-refractivity contribution in [2.24, 2.45) is 0 Å². The van der Waals surface area contributed by atoms with Crippen molar-refractivity contribution in [2.75, 3.05) is 5.75 Å². The van der Waals surface area contributed by atoms with Gasteiger partial charge in [-0.05, 0) is 45.0 Å². The van der Waals surface area contributed by atoms with Crippen LogP contribution in [0.25, 0.3) is 17.1 Å². The fourth-order valence-corrected chi connectivity index (χ4v) is 3.52. The highest BCUT2D eigenvalue weighted by atomic mass is 35.5. The predicted molar refractivity (Wildman–Crippen MR) is 108 cm³/mol. The highest BCUT2D eigenvalue weighted by Gasteiger charge is 2.18. The van der Waals surface area contributed by atoms with Gasteiger partial charge in [-0.15, -0.1) is 10.2 Å². The van der Waals surface area contributed by atoms with Crippen LogP contribution in [-0.4, -0.2) is 32.6 Å². The van der Waals surface area contributed by atoms with Gasteiger partial charge in [0.1, 0.15) is 0 Å². The number of benzene rings is 2. The van der Waals surface area contributed by atoms with Crippen LogP contribution in [0.3, 0.4) is 0 Å². The summed E-state index contributed by atoms with van der Waals surface area (Å²) in [5.74, 6) is 0.568. The maximum atomic E-state index is 11.9. The second kappa shape index (κ2) is 8.59. The molecule has 27 heavy (non-hydrogen) atoms. The van der Waals surface area contributed by atoms with Crippen LogP contribution in [0.15, 0.2) is 53.7 Å². The van der Waals surface area contributed by atoms with Crippen LogP contribution in [0.4, 0.5) is 0 Å². The standard InChI is InChI=1S/C20H20ClN3O2S/c1-13(2)26-18(25)12-27-20-23-22-19(15-7-4-6-14(3)10-15)24(20)17-9-5-8-16(21)11-17/h4-11,13H,12H2,1-3H3. The van der Waals surface area contributed by atoms with Crippen LogP contribution < -0.4 is 0 Å². The number of thioether (sulfide) groups is 1. The van der Waals surface area contributed by atoms with Crippen molar-refractivity contribution in [2.45, 2.75) is 32.0 Å². The molecule has 3 rings (SSSR count). The fourth-order valence-electron chi connectivity index (χ4n) is 2.60. The summed E-state index contributed by atoms with van der Waals surface area (Å²) in [6.07, 6.45) is -0.147. The second-order valence-corrected chi connectivity index (χ2v) is 7.70. The topological polar surface area (TPSA) is 57.0 Å². The molecule has 3 aromatic rings. The van der Waals surface area contributed by atoms with Gasteiger partial charge in [0, 0.05) is 10.6 Å². The van der Waals surface area contributed by atoms with Gasteiger partial charge in [-0.1, -0.05) is 53.2 Å². The third kappa shape index (κ3) is 4.90. The molecule has 0 fully saturated rings. The molecule has 0 atom stereocenters.